The maximum absolute atomic E-state index is 10.1. The van der Waals surface area contributed by atoms with Crippen molar-refractivity contribution in [1.29, 1.82) is 5.26 Å². The highest BCUT2D eigenvalue weighted by molar-refractivity contribution is 5.99. The van der Waals surface area contributed by atoms with Crippen molar-refractivity contribution in [3.05, 3.63) is 60.3 Å². The summed E-state index contributed by atoms with van der Waals surface area (Å²) < 4.78 is 0. The van der Waals surface area contributed by atoms with Crippen molar-refractivity contribution >= 4 is 29.1 Å². The number of H-pyrrole nitrogens is 1. The van der Waals surface area contributed by atoms with Crippen molar-refractivity contribution in [2.75, 3.05) is 18.0 Å². The predicted molar refractivity (Wildman–Crippen MR) is 124 cm³/mol. The lowest BCUT2D eigenvalue weighted by Crippen LogP contribution is -2.29. The minimum atomic E-state index is 0. The highest BCUT2D eigenvalue weighted by Gasteiger charge is 2.19. The van der Waals surface area contributed by atoms with Crippen LogP contribution in [0.3, 0.4) is 0 Å². The average Bonchev–Trinajstić information content (AvgIpc) is 3.27. The number of aromatic nitrogens is 3. The second-order valence-corrected chi connectivity index (χ2v) is 7.60. The molecule has 2 aromatic heterocycles. The zero-order valence-corrected chi connectivity index (χ0v) is 17.7. The van der Waals surface area contributed by atoms with Gasteiger partial charge >= 0.3 is 0 Å². The summed E-state index contributed by atoms with van der Waals surface area (Å²) in [7, 11) is 0. The first kappa shape index (κ1) is 20.7. The topological polar surface area (TPSA) is 88.8 Å². The van der Waals surface area contributed by atoms with E-state index in [1.54, 1.807) is 30.5 Å². The van der Waals surface area contributed by atoms with Crippen LogP contribution in [-0.2, 0) is 0 Å². The highest BCUT2D eigenvalue weighted by Crippen LogP contribution is 2.37. The van der Waals surface area contributed by atoms with Crippen LogP contribution in [0.25, 0.3) is 33.4 Å². The molecule has 0 bridgehead atoms. The summed E-state index contributed by atoms with van der Waals surface area (Å²) >= 11 is 0. The monoisotopic (exact) mass is 431 g/mol. The van der Waals surface area contributed by atoms with E-state index in [9.17, 15) is 10.4 Å². The maximum Gasteiger partial charge on any atom is 0.156 e. The van der Waals surface area contributed by atoms with E-state index in [4.69, 9.17) is 0 Å². The molecule has 156 valence electrons. The number of nitriles is 1. The van der Waals surface area contributed by atoms with Crippen LogP contribution in [0.2, 0.25) is 0 Å². The van der Waals surface area contributed by atoms with Crippen molar-refractivity contribution in [2.45, 2.75) is 19.3 Å². The van der Waals surface area contributed by atoms with Gasteiger partial charge in [-0.15, -0.1) is 12.4 Å². The molecule has 0 aliphatic carbocycles. The van der Waals surface area contributed by atoms with Crippen molar-refractivity contribution in [3.8, 4) is 34.2 Å². The molecule has 1 saturated heterocycles. The predicted octanol–water partition coefficient (Wildman–Crippen LogP) is 5.28. The van der Waals surface area contributed by atoms with Crippen molar-refractivity contribution in [3.63, 3.8) is 0 Å². The molecule has 0 saturated carbocycles. The van der Waals surface area contributed by atoms with Crippen LogP contribution in [-0.4, -0.2) is 33.4 Å². The Kier molecular flexibility index (Phi) is 5.79. The van der Waals surface area contributed by atoms with Gasteiger partial charge in [0.05, 0.1) is 17.5 Å². The number of aromatic amines is 1. The van der Waals surface area contributed by atoms with E-state index in [-0.39, 0.29) is 18.2 Å². The number of phenols is 1. The fourth-order valence-electron chi connectivity index (χ4n) is 4.20. The fourth-order valence-corrected chi connectivity index (χ4v) is 4.20. The molecule has 1 fully saturated rings. The quantitative estimate of drug-likeness (QED) is 0.460. The van der Waals surface area contributed by atoms with Gasteiger partial charge in [-0.1, -0.05) is 12.1 Å². The number of halogens is 1. The van der Waals surface area contributed by atoms with Gasteiger partial charge in [-0.3, -0.25) is 5.10 Å². The molecule has 5 rings (SSSR count). The molecule has 0 atom stereocenters. The molecule has 0 radical (unpaired) electrons. The molecular weight excluding hydrogens is 410 g/mol. The van der Waals surface area contributed by atoms with Gasteiger partial charge in [-0.2, -0.15) is 10.4 Å². The Hall–Kier alpha value is -3.56. The summed E-state index contributed by atoms with van der Waals surface area (Å²) in [6.07, 6.45) is 5.49. The van der Waals surface area contributed by atoms with Crippen LogP contribution < -0.4 is 4.90 Å². The van der Waals surface area contributed by atoms with Crippen LogP contribution in [0.4, 0.5) is 5.69 Å². The Morgan fingerprint density at radius 1 is 0.935 bits per heavy atom. The first-order valence-corrected chi connectivity index (χ1v) is 10.2. The van der Waals surface area contributed by atoms with Gasteiger partial charge < -0.3 is 10.0 Å². The number of fused-ring (bicyclic) bond motifs is 1. The number of aromatic hydroxyl groups is 1. The fraction of sp³-hybridized carbons (Fsp3) is 0.208. The Balaban J connectivity index is 0.00000231. The van der Waals surface area contributed by atoms with Gasteiger partial charge in [0.2, 0.25) is 0 Å². The molecule has 0 spiro atoms. The van der Waals surface area contributed by atoms with E-state index < -0.39 is 0 Å². The lowest BCUT2D eigenvalue weighted by atomic mass is 9.94. The third kappa shape index (κ3) is 3.80. The molecule has 31 heavy (non-hydrogen) atoms. The van der Waals surface area contributed by atoms with Crippen LogP contribution in [0, 0.1) is 11.3 Å². The van der Waals surface area contributed by atoms with E-state index in [0.29, 0.717) is 16.9 Å². The largest absolute Gasteiger partial charge is 0.508 e. The van der Waals surface area contributed by atoms with Gasteiger partial charge in [0, 0.05) is 35.3 Å². The second kappa shape index (κ2) is 8.66. The third-order valence-corrected chi connectivity index (χ3v) is 5.73. The Bertz CT molecular complexity index is 1240. The summed E-state index contributed by atoms with van der Waals surface area (Å²) in [4.78, 5) is 7.07. The number of hydrogen-bond donors (Lipinski definition) is 2. The van der Waals surface area contributed by atoms with E-state index >= 15 is 0 Å². The second-order valence-electron chi connectivity index (χ2n) is 7.60. The van der Waals surface area contributed by atoms with E-state index in [2.05, 4.69) is 50.4 Å². The number of piperidine rings is 1. The average molecular weight is 432 g/mol. The molecule has 2 aromatic carbocycles. The van der Waals surface area contributed by atoms with E-state index in [1.165, 1.54) is 24.9 Å². The van der Waals surface area contributed by atoms with Gasteiger partial charge in [0.15, 0.2) is 5.65 Å². The van der Waals surface area contributed by atoms with Crippen LogP contribution in [0.15, 0.2) is 54.7 Å². The number of nitrogens with zero attached hydrogens (tertiary/aromatic N) is 4. The summed E-state index contributed by atoms with van der Waals surface area (Å²) in [5.41, 5.74) is 5.47. The number of rotatable bonds is 3. The molecular formula is C24H22ClN5O. The molecule has 2 N–H and O–H groups in total. The molecule has 7 heteroatoms. The molecule has 4 aromatic rings. The highest BCUT2D eigenvalue weighted by atomic mass is 35.5. The number of phenolic OH excluding ortho intramolecular Hbond substituents is 1. The molecule has 1 aliphatic rings. The summed E-state index contributed by atoms with van der Waals surface area (Å²) in [6, 6.07) is 17.5. The Labute approximate surface area is 186 Å². The number of nitrogens with one attached hydrogen (secondary N) is 1. The van der Waals surface area contributed by atoms with Crippen molar-refractivity contribution in [2.24, 2.45) is 0 Å². The summed E-state index contributed by atoms with van der Waals surface area (Å²) in [5, 5.41) is 27.6. The lowest BCUT2D eigenvalue weighted by Gasteiger charge is -2.29. The van der Waals surface area contributed by atoms with Gasteiger partial charge in [0.1, 0.15) is 11.8 Å². The molecule has 0 unspecified atom stereocenters. The normalized spacial score (nSPS) is 13.6. The molecule has 0 amide bonds. The summed E-state index contributed by atoms with van der Waals surface area (Å²) in [5.74, 6) is 0.174. The minimum absolute atomic E-state index is 0. The SMILES string of the molecule is Cl.N#Cc1c(-c2ccc(O)cc2)nc2[nH]ncc2c1-c1ccc(N2CCCCC2)cc1. The summed E-state index contributed by atoms with van der Waals surface area (Å²) in [6.45, 7) is 2.18. The minimum Gasteiger partial charge on any atom is -0.508 e. The zero-order chi connectivity index (χ0) is 20.5. The van der Waals surface area contributed by atoms with Gasteiger partial charge in [-0.25, -0.2) is 4.98 Å². The zero-order valence-electron chi connectivity index (χ0n) is 16.9. The van der Waals surface area contributed by atoms with Crippen molar-refractivity contribution < 1.29 is 5.11 Å². The number of benzene rings is 2. The molecule has 1 aliphatic heterocycles. The van der Waals surface area contributed by atoms with E-state index in [0.717, 1.165) is 35.2 Å². The number of hydrogen-bond acceptors (Lipinski definition) is 5. The van der Waals surface area contributed by atoms with Crippen LogP contribution in [0.1, 0.15) is 24.8 Å². The maximum atomic E-state index is 10.1. The Morgan fingerprint density at radius 2 is 1.61 bits per heavy atom. The Morgan fingerprint density at radius 3 is 2.29 bits per heavy atom. The van der Waals surface area contributed by atoms with E-state index in [1.807, 2.05) is 0 Å². The first-order valence-electron chi connectivity index (χ1n) is 10.2. The number of pyridine rings is 1. The lowest BCUT2D eigenvalue weighted by molar-refractivity contribution is 0.475. The molecule has 6 nitrogen and oxygen atoms in total. The van der Waals surface area contributed by atoms with Crippen LogP contribution >= 0.6 is 12.4 Å². The smallest absolute Gasteiger partial charge is 0.156 e. The third-order valence-electron chi connectivity index (χ3n) is 5.73. The van der Waals surface area contributed by atoms with Gasteiger partial charge in [0.25, 0.3) is 0 Å². The number of anilines is 1. The first-order chi connectivity index (χ1) is 14.7. The van der Waals surface area contributed by atoms with Crippen LogP contribution in [0.5, 0.6) is 5.75 Å². The van der Waals surface area contributed by atoms with Crippen molar-refractivity contribution in [1.82, 2.24) is 15.2 Å². The standard InChI is InChI=1S/C24H21N5O.ClH/c25-14-20-22(16-4-8-18(9-5-16)29-12-2-1-3-13-29)21-15-26-28-24(21)27-23(20)17-6-10-19(30)11-7-17;/h4-11,15,30H,1-3,12-13H2,(H,26,27,28);1H. The molecule has 3 heterocycles. The van der Waals surface area contributed by atoms with Gasteiger partial charge in [-0.05, 0) is 61.2 Å².